The Morgan fingerprint density at radius 2 is 0.654 bits per heavy atom. The molecule has 52 heavy (non-hydrogen) atoms. The monoisotopic (exact) mass is 660 g/mol. The van der Waals surface area contributed by atoms with E-state index in [9.17, 15) is 0 Å². The molecule has 0 aliphatic carbocycles. The molecule has 0 spiro atoms. The van der Waals surface area contributed by atoms with E-state index in [1.807, 2.05) is 0 Å². The number of rotatable bonds is 4. The SMILES string of the molecule is c1ccc(-c2ccc(-n3c4ccccc4c4c5c6c7ccccc7c7ccccc7c6n(-c6ccc(-c7ccccc7)cc6)c5ccc43)cc2)cc1. The molecule has 0 aliphatic heterocycles. The molecular formula is C50H32N2. The molecule has 0 amide bonds. The van der Waals surface area contributed by atoms with Crippen LogP contribution in [0.15, 0.2) is 194 Å². The number of fused-ring (bicyclic) bond motifs is 12. The Morgan fingerprint density at radius 3 is 1.25 bits per heavy atom. The summed E-state index contributed by atoms with van der Waals surface area (Å²) in [5, 5.41) is 10.2. The molecule has 11 rings (SSSR count). The lowest BCUT2D eigenvalue weighted by Crippen LogP contribution is -1.95. The van der Waals surface area contributed by atoms with E-state index in [-0.39, 0.29) is 0 Å². The van der Waals surface area contributed by atoms with Gasteiger partial charge in [0.15, 0.2) is 0 Å². The topological polar surface area (TPSA) is 9.86 Å². The summed E-state index contributed by atoms with van der Waals surface area (Å²) in [6.07, 6.45) is 0. The van der Waals surface area contributed by atoms with Crippen LogP contribution in [-0.2, 0) is 0 Å². The summed E-state index contributed by atoms with van der Waals surface area (Å²) in [6, 6.07) is 70.8. The van der Waals surface area contributed by atoms with Gasteiger partial charge in [0.1, 0.15) is 0 Å². The molecule has 0 N–H and O–H groups in total. The van der Waals surface area contributed by atoms with E-state index in [0.29, 0.717) is 0 Å². The van der Waals surface area contributed by atoms with Crippen LogP contribution in [0.2, 0.25) is 0 Å². The van der Waals surface area contributed by atoms with Crippen molar-refractivity contribution in [2.45, 2.75) is 0 Å². The van der Waals surface area contributed by atoms with Gasteiger partial charge in [0.2, 0.25) is 0 Å². The Bertz CT molecular complexity index is 3130. The highest BCUT2D eigenvalue weighted by Crippen LogP contribution is 2.47. The maximum Gasteiger partial charge on any atom is 0.0626 e. The molecule has 242 valence electrons. The summed E-state index contributed by atoms with van der Waals surface area (Å²) in [6.45, 7) is 0. The Balaban J connectivity index is 1.27. The Kier molecular flexibility index (Phi) is 6.28. The predicted octanol–water partition coefficient (Wildman–Crippen LogP) is 13.5. The number of nitrogens with zero attached hydrogens (tertiary/aromatic N) is 2. The van der Waals surface area contributed by atoms with Crippen LogP contribution in [0, 0.1) is 0 Å². The molecule has 0 bridgehead atoms. The molecule has 2 nitrogen and oxygen atoms in total. The van der Waals surface area contributed by atoms with Crippen molar-refractivity contribution in [1.29, 1.82) is 0 Å². The molecule has 0 aliphatic rings. The van der Waals surface area contributed by atoms with Gasteiger partial charge in [-0.1, -0.05) is 152 Å². The standard InChI is InChI=1S/C50H32N2/c1-3-13-33(14-4-1)35-23-27-37(28-24-35)51-44-22-12-11-21-43(44)47-45(51)31-32-46-49(47)48-41-19-9-7-17-39(41)40-18-8-10-20-42(40)50(48)52(46)38-29-25-36(26-30-38)34-15-5-2-6-16-34/h1-32H. The molecule has 0 fully saturated rings. The summed E-state index contributed by atoms with van der Waals surface area (Å²) < 4.78 is 4.95. The smallest absolute Gasteiger partial charge is 0.0626 e. The number of para-hydroxylation sites is 1. The van der Waals surface area contributed by atoms with Gasteiger partial charge < -0.3 is 9.13 Å². The van der Waals surface area contributed by atoms with Crippen LogP contribution in [-0.4, -0.2) is 9.13 Å². The zero-order chi connectivity index (χ0) is 34.2. The van der Waals surface area contributed by atoms with E-state index in [4.69, 9.17) is 0 Å². The quantitative estimate of drug-likeness (QED) is 0.166. The first-order chi connectivity index (χ1) is 25.8. The highest BCUT2D eigenvalue weighted by Gasteiger charge is 2.23. The van der Waals surface area contributed by atoms with Crippen molar-refractivity contribution in [2.75, 3.05) is 0 Å². The van der Waals surface area contributed by atoms with Gasteiger partial charge in [-0.25, -0.2) is 0 Å². The van der Waals surface area contributed by atoms with Crippen LogP contribution in [0.25, 0.3) is 98.8 Å². The first-order valence-corrected chi connectivity index (χ1v) is 17.9. The van der Waals surface area contributed by atoms with E-state index >= 15 is 0 Å². The summed E-state index contributed by atoms with van der Waals surface area (Å²) in [4.78, 5) is 0. The highest BCUT2D eigenvalue weighted by atomic mass is 15.0. The van der Waals surface area contributed by atoms with Crippen LogP contribution in [0.4, 0.5) is 0 Å². The van der Waals surface area contributed by atoms with Gasteiger partial charge in [-0.3, -0.25) is 0 Å². The van der Waals surface area contributed by atoms with Crippen molar-refractivity contribution in [3.05, 3.63) is 194 Å². The van der Waals surface area contributed by atoms with Crippen LogP contribution in [0.5, 0.6) is 0 Å². The summed E-state index contributed by atoms with van der Waals surface area (Å²) in [5.74, 6) is 0. The van der Waals surface area contributed by atoms with Crippen LogP contribution in [0.3, 0.4) is 0 Å². The predicted molar refractivity (Wildman–Crippen MR) is 221 cm³/mol. The second-order valence-corrected chi connectivity index (χ2v) is 13.7. The van der Waals surface area contributed by atoms with Crippen molar-refractivity contribution in [1.82, 2.24) is 9.13 Å². The lowest BCUT2D eigenvalue weighted by Gasteiger charge is -2.13. The normalized spacial score (nSPS) is 11.8. The lowest BCUT2D eigenvalue weighted by molar-refractivity contribution is 1.17. The van der Waals surface area contributed by atoms with Crippen molar-refractivity contribution >= 4 is 65.2 Å². The van der Waals surface area contributed by atoms with Crippen LogP contribution >= 0.6 is 0 Å². The molecule has 2 heterocycles. The fourth-order valence-electron chi connectivity index (χ4n) is 8.63. The minimum atomic E-state index is 1.15. The molecular weight excluding hydrogens is 629 g/mol. The second kappa shape index (κ2) is 11.3. The molecule has 0 radical (unpaired) electrons. The molecule has 2 aromatic heterocycles. The highest BCUT2D eigenvalue weighted by molar-refractivity contribution is 6.38. The van der Waals surface area contributed by atoms with Crippen LogP contribution in [0.1, 0.15) is 0 Å². The molecule has 0 unspecified atom stereocenters. The van der Waals surface area contributed by atoms with Gasteiger partial charge in [0.05, 0.1) is 22.1 Å². The first-order valence-electron chi connectivity index (χ1n) is 17.9. The number of hydrogen-bond donors (Lipinski definition) is 0. The Hall–Kier alpha value is -6.90. The summed E-state index contributed by atoms with van der Waals surface area (Å²) in [7, 11) is 0. The van der Waals surface area contributed by atoms with Gasteiger partial charge in [-0.05, 0) is 80.9 Å². The third kappa shape index (κ3) is 4.19. The maximum absolute atomic E-state index is 2.51. The van der Waals surface area contributed by atoms with Crippen molar-refractivity contribution in [3.63, 3.8) is 0 Å². The Labute approximate surface area is 301 Å². The van der Waals surface area contributed by atoms with Gasteiger partial charge in [0.25, 0.3) is 0 Å². The fraction of sp³-hybridized carbons (Fsp3) is 0. The summed E-state index contributed by atoms with van der Waals surface area (Å²) in [5.41, 5.74) is 12.0. The van der Waals surface area contributed by atoms with Gasteiger partial charge in [-0.15, -0.1) is 0 Å². The van der Waals surface area contributed by atoms with E-state index < -0.39 is 0 Å². The zero-order valence-corrected chi connectivity index (χ0v) is 28.4. The van der Waals surface area contributed by atoms with Crippen LogP contribution < -0.4 is 0 Å². The van der Waals surface area contributed by atoms with Crippen molar-refractivity contribution in [2.24, 2.45) is 0 Å². The van der Waals surface area contributed by atoms with Gasteiger partial charge in [0, 0.05) is 38.3 Å². The molecule has 9 aromatic carbocycles. The molecule has 0 saturated carbocycles. The van der Waals surface area contributed by atoms with Crippen molar-refractivity contribution in [3.8, 4) is 33.6 Å². The van der Waals surface area contributed by atoms with E-state index in [2.05, 4.69) is 203 Å². The number of aromatic nitrogens is 2. The number of hydrogen-bond acceptors (Lipinski definition) is 0. The molecule has 2 heteroatoms. The zero-order valence-electron chi connectivity index (χ0n) is 28.4. The minimum Gasteiger partial charge on any atom is -0.309 e. The third-order valence-corrected chi connectivity index (χ3v) is 10.9. The maximum atomic E-state index is 2.51. The van der Waals surface area contributed by atoms with Crippen molar-refractivity contribution < 1.29 is 0 Å². The fourth-order valence-corrected chi connectivity index (χ4v) is 8.63. The average molecular weight is 661 g/mol. The molecule has 0 saturated heterocycles. The number of benzene rings is 9. The Morgan fingerprint density at radius 1 is 0.231 bits per heavy atom. The van der Waals surface area contributed by atoms with E-state index in [0.717, 1.165) is 11.4 Å². The summed E-state index contributed by atoms with van der Waals surface area (Å²) >= 11 is 0. The van der Waals surface area contributed by atoms with Gasteiger partial charge in [-0.2, -0.15) is 0 Å². The third-order valence-electron chi connectivity index (χ3n) is 10.9. The molecule has 0 atom stereocenters. The second-order valence-electron chi connectivity index (χ2n) is 13.7. The average Bonchev–Trinajstić information content (AvgIpc) is 3.75. The molecule has 11 aromatic rings. The van der Waals surface area contributed by atoms with E-state index in [1.165, 1.54) is 87.4 Å². The van der Waals surface area contributed by atoms with E-state index in [1.54, 1.807) is 0 Å². The van der Waals surface area contributed by atoms with Gasteiger partial charge >= 0.3 is 0 Å². The first kappa shape index (κ1) is 28.9. The minimum absolute atomic E-state index is 1.15. The lowest BCUT2D eigenvalue weighted by atomic mass is 9.95. The largest absolute Gasteiger partial charge is 0.309 e.